The Kier molecular flexibility index (Phi) is 25.6. The molecule has 0 spiro atoms. The first-order valence-electron chi connectivity index (χ1n) is 27.9. The van der Waals surface area contributed by atoms with Gasteiger partial charge in [0.25, 0.3) is 11.8 Å². The number of carbonyl (C=O) groups is 3. The maximum atomic E-state index is 13.1. The molecule has 0 bridgehead atoms. The molecule has 9 N–H and O–H groups in total. The van der Waals surface area contributed by atoms with Gasteiger partial charge in [-0.05, 0) is 87.7 Å². The quantitative estimate of drug-likeness (QED) is 0.00745. The van der Waals surface area contributed by atoms with E-state index in [1.54, 1.807) is 48.5 Å². The lowest BCUT2D eigenvalue weighted by Crippen LogP contribution is -2.33. The lowest BCUT2D eigenvalue weighted by atomic mass is 10.1. The zero-order valence-corrected chi connectivity index (χ0v) is 51.5. The fourth-order valence-corrected chi connectivity index (χ4v) is 11.8. The van der Waals surface area contributed by atoms with Crippen molar-refractivity contribution in [2.75, 3.05) is 83.2 Å². The van der Waals surface area contributed by atoms with Gasteiger partial charge >= 0.3 is 34.8 Å². The summed E-state index contributed by atoms with van der Waals surface area (Å²) in [5.41, 5.74) is 7.80. The second-order valence-corrected chi connectivity index (χ2v) is 23.9. The van der Waals surface area contributed by atoms with Gasteiger partial charge in [-0.3, -0.25) is 23.5 Å². The summed E-state index contributed by atoms with van der Waals surface area (Å²) in [5, 5.41) is 9.13. The van der Waals surface area contributed by atoms with Gasteiger partial charge < -0.3 is 83.4 Å². The van der Waals surface area contributed by atoms with Gasteiger partial charge in [-0.2, -0.15) is 13.6 Å². The Morgan fingerprint density at radius 3 is 2.29 bits per heavy atom. The molecule has 4 heterocycles. The smallest absolute Gasteiger partial charge is 0.488 e. The summed E-state index contributed by atoms with van der Waals surface area (Å²) in [6.07, 6.45) is 4.43. The van der Waals surface area contributed by atoms with Crippen LogP contribution in [0.5, 0.6) is 5.75 Å². The molecule has 6 aromatic rings. The van der Waals surface area contributed by atoms with Gasteiger partial charge in [-0.15, -0.1) is 13.2 Å². The van der Waals surface area contributed by atoms with E-state index < -0.39 is 78.6 Å². The number of unbranched alkanes of at least 4 members (excludes halogenated alkanes) is 2. The van der Waals surface area contributed by atoms with Crippen molar-refractivity contribution in [1.29, 1.82) is 0 Å². The first-order valence-corrected chi connectivity index (χ1v) is 32.4. The fourth-order valence-electron chi connectivity index (χ4n) is 8.81. The average Bonchev–Trinajstić information content (AvgIpc) is 1.58. The predicted octanol–water partition coefficient (Wildman–Crippen LogP) is 5.85. The van der Waals surface area contributed by atoms with Crippen LogP contribution in [0.1, 0.15) is 72.0 Å². The Bertz CT molecular complexity index is 3790. The third-order valence-corrected chi connectivity index (χ3v) is 16.9. The third kappa shape index (κ3) is 21.0. The number of amides is 3. The molecule has 3 amide bonds. The summed E-state index contributed by atoms with van der Waals surface area (Å²) in [7, 11) is -17.0. The number of oxazole rings is 1. The molecule has 7 rings (SSSR count). The minimum atomic E-state index is -5.82. The van der Waals surface area contributed by atoms with E-state index in [1.165, 1.54) is 30.5 Å². The number of aromatic nitrogens is 3. The van der Waals surface area contributed by atoms with Crippen LogP contribution in [0.15, 0.2) is 123 Å². The molecule has 31 nitrogen and oxygen atoms in total. The Morgan fingerprint density at radius 1 is 0.844 bits per heavy atom. The van der Waals surface area contributed by atoms with Gasteiger partial charge in [0, 0.05) is 79.2 Å². The molecule has 1 fully saturated rings. The lowest BCUT2D eigenvalue weighted by molar-refractivity contribution is -0.162. The maximum Gasteiger partial charge on any atom is 0.490 e. The van der Waals surface area contributed by atoms with Gasteiger partial charge in [-0.25, -0.2) is 28.3 Å². The molecule has 0 radical (unpaired) electrons. The molecule has 1 aliphatic rings. The summed E-state index contributed by atoms with van der Waals surface area (Å²) in [4.78, 5) is 113. The Balaban J connectivity index is 0.816. The Morgan fingerprint density at radius 2 is 1.58 bits per heavy atom. The van der Waals surface area contributed by atoms with E-state index in [1.807, 2.05) is 18.2 Å². The van der Waals surface area contributed by atoms with E-state index in [2.05, 4.69) is 66.4 Å². The van der Waals surface area contributed by atoms with E-state index in [0.29, 0.717) is 71.3 Å². The summed E-state index contributed by atoms with van der Waals surface area (Å²) in [6.45, 7) is 11.8. The Labute approximate surface area is 514 Å². The van der Waals surface area contributed by atoms with Gasteiger partial charge in [0.1, 0.15) is 60.6 Å². The van der Waals surface area contributed by atoms with Gasteiger partial charge in [0.2, 0.25) is 11.8 Å². The molecule has 3 aromatic carbocycles. The van der Waals surface area contributed by atoms with Crippen LogP contribution in [0, 0.1) is 0 Å². The normalized spacial score (nSPS) is 16.8. The van der Waals surface area contributed by atoms with Crippen molar-refractivity contribution < 1.29 is 98.1 Å². The molecule has 1 aliphatic heterocycles. The second kappa shape index (κ2) is 33.0. The highest BCUT2D eigenvalue weighted by Gasteiger charge is 2.44. The molecule has 1 saturated heterocycles. The van der Waals surface area contributed by atoms with Crippen molar-refractivity contribution >= 4 is 80.8 Å². The van der Waals surface area contributed by atoms with Crippen LogP contribution in [0.3, 0.4) is 0 Å². The van der Waals surface area contributed by atoms with Gasteiger partial charge in [-0.1, -0.05) is 30.4 Å². The van der Waals surface area contributed by atoms with E-state index >= 15 is 0 Å². The summed E-state index contributed by atoms with van der Waals surface area (Å²) < 4.78 is 94.1. The van der Waals surface area contributed by atoms with Crippen LogP contribution < -0.4 is 42.6 Å². The van der Waals surface area contributed by atoms with Crippen molar-refractivity contribution in [2.24, 2.45) is 0 Å². The van der Waals surface area contributed by atoms with Crippen LogP contribution in [-0.2, 0) is 55.3 Å². The number of nitrogens with one attached hydrogen (secondary N) is 3. The van der Waals surface area contributed by atoms with Crippen LogP contribution in [0.4, 0.5) is 11.5 Å². The van der Waals surface area contributed by atoms with Crippen molar-refractivity contribution in [3.63, 3.8) is 0 Å². The number of benzene rings is 3. The van der Waals surface area contributed by atoms with Gasteiger partial charge in [0.15, 0.2) is 11.9 Å². The first-order chi connectivity index (χ1) is 43.0. The number of nitrogens with two attached hydrogens (primary N) is 1. The van der Waals surface area contributed by atoms with Crippen LogP contribution >= 0.6 is 23.5 Å². The molecule has 6 atom stereocenters. The highest BCUT2D eigenvalue weighted by atomic mass is 31.3. The minimum Gasteiger partial charge on any atom is -0.488 e. The van der Waals surface area contributed by atoms with Crippen molar-refractivity contribution in [2.45, 2.75) is 64.3 Å². The number of ether oxygens (including phenoxy) is 6. The average molecular weight is 1320 g/mol. The zero-order chi connectivity index (χ0) is 65.0. The number of nitrogens with zero attached hydrogens (tertiary/aromatic N) is 4. The molecular weight excluding hydrogens is 1250 g/mol. The highest BCUT2D eigenvalue weighted by molar-refractivity contribution is 7.66. The fraction of sp³-hybridized carbons (Fsp3) is 0.375. The monoisotopic (exact) mass is 1310 g/mol. The molecule has 486 valence electrons. The molecule has 90 heavy (non-hydrogen) atoms. The number of carbonyl (C=O) groups excluding carboxylic acids is 3. The first kappa shape index (κ1) is 69.9. The second-order valence-electron chi connectivity index (χ2n) is 19.5. The standard InChI is InChI=1S/C56H69N8O23P3/c1-5-24-77-35-81-46-30-49(83-47(46)32-82-89(73,74)87-90(75,76)86-88(70,71)72)64-31-39(51(57)62-56(64)69)15-13-23-58-48(65)33-80-50(78-25-6-2)34-79-41-16-12-14-37(26-41)52(66)59-21-10-9-11-22-60-53(67)38-18-20-44-43(28-38)61-54(84-44)42-27-36-17-19-40(63(7-3)8-4)29-45(36)85-55(42)68/h5-6,12-20,26-29,31,46-47,49-50H,1-2,7-11,21-25,30,32-35H2,3-4H3,(H,58,65)(H,59,66)(H,60,67)(H,73,74)(H,75,76)(H2,57,62,69)(H2,70,71,72)/b15-13+/t46-,47-,49-,50?/m1/s1. The molecular formula is C56H69N8O23P3. The van der Waals surface area contributed by atoms with E-state index in [9.17, 15) is 47.5 Å². The number of nitrogen functional groups attached to an aromatic ring is 1. The number of hydrogen-bond donors (Lipinski definition) is 8. The number of anilines is 2. The Hall–Kier alpha value is -7.54. The van der Waals surface area contributed by atoms with Crippen molar-refractivity contribution in [3.8, 4) is 17.2 Å². The highest BCUT2D eigenvalue weighted by Crippen LogP contribution is 2.66. The van der Waals surface area contributed by atoms with E-state index in [-0.39, 0.29) is 74.2 Å². The third-order valence-electron chi connectivity index (χ3n) is 13.1. The van der Waals surface area contributed by atoms with Crippen molar-refractivity contribution in [1.82, 2.24) is 30.5 Å². The number of phosphoric acid groups is 3. The molecule has 0 aliphatic carbocycles. The predicted molar refractivity (Wildman–Crippen MR) is 325 cm³/mol. The van der Waals surface area contributed by atoms with Gasteiger partial charge in [0.05, 0.1) is 25.9 Å². The topological polar surface area (TPSA) is 423 Å². The summed E-state index contributed by atoms with van der Waals surface area (Å²) in [6, 6.07) is 18.6. The zero-order valence-electron chi connectivity index (χ0n) is 48.8. The molecule has 3 aromatic heterocycles. The number of hydrogen-bond acceptors (Lipinski definition) is 23. The molecule has 34 heteroatoms. The SMILES string of the molecule is C=CCOCO[C@@H]1C[C@H](n2cc(/C=C/CNC(=O)COC(COc3cccc(C(=O)NCCCCCNC(=O)c4ccc5oc(-c6cc7ccc(N(CC)CC)cc7oc6=O)nc5c4)c3)OCC=C)c(N)nc2=O)O[C@@H]1COP(=O)(O)OP(=O)(O)OP(=O)(O)O. The van der Waals surface area contributed by atoms with E-state index in [4.69, 9.17) is 57.3 Å². The largest absolute Gasteiger partial charge is 0.490 e. The molecule has 3 unspecified atom stereocenters. The van der Waals surface area contributed by atoms with E-state index in [0.717, 1.165) is 23.3 Å². The minimum absolute atomic E-state index is 0.0494. The molecule has 0 saturated carbocycles. The number of rotatable bonds is 37. The maximum absolute atomic E-state index is 13.1. The van der Waals surface area contributed by atoms with Crippen LogP contribution in [0.2, 0.25) is 0 Å². The number of fused-ring (bicyclic) bond motifs is 2. The van der Waals surface area contributed by atoms with Crippen molar-refractivity contribution in [3.05, 3.63) is 142 Å². The van der Waals surface area contributed by atoms with Crippen LogP contribution in [0.25, 0.3) is 39.6 Å². The summed E-state index contributed by atoms with van der Waals surface area (Å²) >= 11 is 0. The summed E-state index contributed by atoms with van der Waals surface area (Å²) in [5.74, 6) is -1.01. The lowest BCUT2D eigenvalue weighted by Gasteiger charge is -2.21. The number of phosphoric ester groups is 1. The van der Waals surface area contributed by atoms with Crippen LogP contribution in [-0.4, -0.2) is 143 Å².